The maximum absolute atomic E-state index is 4.73. The van der Waals surface area contributed by atoms with Gasteiger partial charge >= 0.3 is 0 Å². The summed E-state index contributed by atoms with van der Waals surface area (Å²) in [6.45, 7) is 8.86. The van der Waals surface area contributed by atoms with Crippen molar-refractivity contribution in [3.8, 4) is 0 Å². The Morgan fingerprint density at radius 1 is 0.727 bits per heavy atom. The molecule has 0 aliphatic rings. The molecule has 4 heteroatoms. The number of fused-ring (bicyclic) bond motifs is 5. The number of hydrogen-bond acceptors (Lipinski definition) is 2. The lowest BCUT2D eigenvalue weighted by molar-refractivity contribution is 0.786. The van der Waals surface area contributed by atoms with Gasteiger partial charge in [-0.15, -0.1) is 0 Å². The second-order valence-corrected chi connectivity index (χ2v) is 6.47. The van der Waals surface area contributed by atoms with Crippen LogP contribution in [-0.2, 0) is 0 Å². The van der Waals surface area contributed by atoms with E-state index >= 15 is 0 Å². The highest BCUT2D eigenvalue weighted by molar-refractivity contribution is 5.79. The molecule has 4 heterocycles. The summed E-state index contributed by atoms with van der Waals surface area (Å²) in [5, 5.41) is 0. The van der Waals surface area contributed by atoms with Gasteiger partial charge in [-0.25, -0.2) is 9.97 Å². The van der Waals surface area contributed by atoms with Gasteiger partial charge in [0.1, 0.15) is 11.3 Å². The molecule has 4 nitrogen and oxygen atoms in total. The average molecular weight is 292 g/mol. The molecule has 4 rings (SSSR count). The predicted octanol–water partition coefficient (Wildman–Crippen LogP) is 4.38. The Morgan fingerprint density at radius 3 is 1.59 bits per heavy atom. The van der Waals surface area contributed by atoms with Gasteiger partial charge < -0.3 is 0 Å². The van der Waals surface area contributed by atoms with Gasteiger partial charge in [0, 0.05) is 11.4 Å². The molecule has 4 aromatic heterocycles. The Labute approximate surface area is 129 Å². The molecule has 0 aliphatic carbocycles. The number of nitrogens with zero attached hydrogens (tertiary/aromatic N) is 4. The summed E-state index contributed by atoms with van der Waals surface area (Å²) in [6, 6.07) is 12.6. The van der Waals surface area contributed by atoms with E-state index in [9.17, 15) is 0 Å². The van der Waals surface area contributed by atoms with Crippen LogP contribution in [0.3, 0.4) is 0 Å². The molecule has 0 fully saturated rings. The van der Waals surface area contributed by atoms with Gasteiger partial charge in [0.05, 0.1) is 0 Å². The normalized spacial score (nSPS) is 12.5. The van der Waals surface area contributed by atoms with Crippen LogP contribution in [0.25, 0.3) is 22.6 Å². The van der Waals surface area contributed by atoms with Crippen LogP contribution < -0.4 is 0 Å². The fraction of sp³-hybridized carbons (Fsp3) is 0.333. The Morgan fingerprint density at radius 2 is 1.18 bits per heavy atom. The van der Waals surface area contributed by atoms with E-state index in [1.165, 1.54) is 11.4 Å². The molecule has 0 aliphatic heterocycles. The monoisotopic (exact) mass is 292 g/mol. The number of hydrogen-bond donors (Lipinski definition) is 0. The first kappa shape index (κ1) is 13.3. The standard InChI is InChI=1S/C18H20N4/c1-11(2)13-7-5-9-15-19-17-18(21(13)15)22-14(12(3)4)8-6-10-16(22)20-17/h5-12H,1-4H3. The van der Waals surface area contributed by atoms with Gasteiger partial charge in [-0.3, -0.25) is 8.80 Å². The minimum absolute atomic E-state index is 0.429. The molecule has 0 amide bonds. The van der Waals surface area contributed by atoms with Crippen molar-refractivity contribution in [2.24, 2.45) is 0 Å². The van der Waals surface area contributed by atoms with Crippen molar-refractivity contribution in [1.29, 1.82) is 0 Å². The lowest BCUT2D eigenvalue weighted by Gasteiger charge is -2.12. The molecular formula is C18H20N4. The molecule has 22 heavy (non-hydrogen) atoms. The molecule has 0 unspecified atom stereocenters. The smallest absolute Gasteiger partial charge is 0.198 e. The lowest BCUT2D eigenvalue weighted by Crippen LogP contribution is -2.04. The van der Waals surface area contributed by atoms with E-state index in [0.29, 0.717) is 11.8 Å². The van der Waals surface area contributed by atoms with E-state index < -0.39 is 0 Å². The number of imidazole rings is 2. The van der Waals surface area contributed by atoms with Crippen molar-refractivity contribution < 1.29 is 0 Å². The Bertz CT molecular complexity index is 911. The summed E-state index contributed by atoms with van der Waals surface area (Å²) >= 11 is 0. The Hall–Kier alpha value is -2.36. The first-order valence-corrected chi connectivity index (χ1v) is 7.86. The van der Waals surface area contributed by atoms with Gasteiger partial charge in [-0.1, -0.05) is 39.8 Å². The maximum Gasteiger partial charge on any atom is 0.198 e. The molecule has 4 aromatic rings. The Kier molecular flexibility index (Phi) is 2.76. The zero-order chi connectivity index (χ0) is 15.4. The quantitative estimate of drug-likeness (QED) is 0.549. The van der Waals surface area contributed by atoms with Crippen molar-refractivity contribution in [1.82, 2.24) is 18.8 Å². The van der Waals surface area contributed by atoms with Crippen LogP contribution in [-0.4, -0.2) is 18.8 Å². The fourth-order valence-corrected chi connectivity index (χ4v) is 3.21. The van der Waals surface area contributed by atoms with E-state index in [1.807, 2.05) is 0 Å². The molecule has 0 atom stereocenters. The zero-order valence-corrected chi connectivity index (χ0v) is 13.4. The number of aromatic nitrogens is 4. The fourth-order valence-electron chi connectivity index (χ4n) is 3.21. The van der Waals surface area contributed by atoms with Gasteiger partial charge in [0.25, 0.3) is 0 Å². The second kappa shape index (κ2) is 4.57. The number of pyridine rings is 2. The summed E-state index contributed by atoms with van der Waals surface area (Å²) in [4.78, 5) is 9.45. The van der Waals surface area contributed by atoms with Crippen LogP contribution in [0.4, 0.5) is 0 Å². The SMILES string of the molecule is CC(C)c1cccc2nc3nc4cccc(C(C)C)n4c3n12. The third kappa shape index (κ3) is 1.70. The van der Waals surface area contributed by atoms with Crippen LogP contribution >= 0.6 is 0 Å². The van der Waals surface area contributed by atoms with Crippen molar-refractivity contribution in [2.75, 3.05) is 0 Å². The van der Waals surface area contributed by atoms with Crippen LogP contribution in [0.15, 0.2) is 36.4 Å². The largest absolute Gasteiger partial charge is 0.280 e. The molecule has 0 saturated carbocycles. The summed E-state index contributed by atoms with van der Waals surface area (Å²) in [7, 11) is 0. The molecule has 0 radical (unpaired) electrons. The van der Waals surface area contributed by atoms with Crippen molar-refractivity contribution >= 4 is 22.6 Å². The van der Waals surface area contributed by atoms with E-state index in [-0.39, 0.29) is 0 Å². The van der Waals surface area contributed by atoms with E-state index in [2.05, 4.69) is 72.9 Å². The minimum atomic E-state index is 0.429. The highest BCUT2D eigenvalue weighted by Gasteiger charge is 2.18. The topological polar surface area (TPSA) is 34.6 Å². The maximum atomic E-state index is 4.73. The van der Waals surface area contributed by atoms with Gasteiger partial charge in [-0.05, 0) is 36.1 Å². The van der Waals surface area contributed by atoms with Gasteiger partial charge in [-0.2, -0.15) is 0 Å². The average Bonchev–Trinajstić information content (AvgIpc) is 3.00. The summed E-state index contributed by atoms with van der Waals surface area (Å²) in [5.74, 6) is 0.857. The van der Waals surface area contributed by atoms with Crippen LogP contribution in [0.5, 0.6) is 0 Å². The highest BCUT2D eigenvalue weighted by atomic mass is 15.2. The number of rotatable bonds is 2. The van der Waals surface area contributed by atoms with Crippen LogP contribution in [0.1, 0.15) is 50.9 Å². The molecule has 0 saturated heterocycles. The third-order valence-electron chi connectivity index (χ3n) is 4.25. The molecule has 0 aromatic carbocycles. The van der Waals surface area contributed by atoms with Crippen molar-refractivity contribution in [3.05, 3.63) is 47.8 Å². The Balaban J connectivity index is 2.27. The summed E-state index contributed by atoms with van der Waals surface area (Å²) < 4.78 is 4.51. The second-order valence-electron chi connectivity index (χ2n) is 6.47. The van der Waals surface area contributed by atoms with Gasteiger partial charge in [0.15, 0.2) is 11.3 Å². The van der Waals surface area contributed by atoms with E-state index in [4.69, 9.17) is 9.97 Å². The summed E-state index contributed by atoms with van der Waals surface area (Å²) in [6.07, 6.45) is 0. The third-order valence-corrected chi connectivity index (χ3v) is 4.25. The molecule has 0 bridgehead atoms. The lowest BCUT2D eigenvalue weighted by atomic mass is 10.1. The molecule has 0 N–H and O–H groups in total. The van der Waals surface area contributed by atoms with Crippen molar-refractivity contribution in [3.63, 3.8) is 0 Å². The van der Waals surface area contributed by atoms with Crippen molar-refractivity contribution in [2.45, 2.75) is 39.5 Å². The minimum Gasteiger partial charge on any atom is -0.280 e. The summed E-state index contributed by atoms with van der Waals surface area (Å²) in [5.41, 5.74) is 6.37. The van der Waals surface area contributed by atoms with Crippen LogP contribution in [0.2, 0.25) is 0 Å². The zero-order valence-electron chi connectivity index (χ0n) is 13.4. The van der Waals surface area contributed by atoms with Gasteiger partial charge in [0.2, 0.25) is 0 Å². The predicted molar refractivity (Wildman–Crippen MR) is 89.6 cm³/mol. The highest BCUT2D eigenvalue weighted by Crippen LogP contribution is 2.27. The first-order chi connectivity index (χ1) is 10.6. The molecule has 0 spiro atoms. The molecular weight excluding hydrogens is 272 g/mol. The van der Waals surface area contributed by atoms with E-state index in [0.717, 1.165) is 22.6 Å². The van der Waals surface area contributed by atoms with E-state index in [1.54, 1.807) is 0 Å². The molecule has 112 valence electrons. The first-order valence-electron chi connectivity index (χ1n) is 7.86. The van der Waals surface area contributed by atoms with Crippen LogP contribution in [0, 0.1) is 0 Å².